The molecule has 1 fully saturated rings. The molecule has 4 rings (SSSR count). The Hall–Kier alpha value is -3.52. The first kappa shape index (κ1) is 20.7. The second kappa shape index (κ2) is 8.69. The number of anilines is 2. The Morgan fingerprint density at radius 1 is 1.10 bits per heavy atom. The highest BCUT2D eigenvalue weighted by Crippen LogP contribution is 2.29. The SMILES string of the molecule is Cc1cccc(N2C(=O)[C@@H](CC(=O)Nc3ccc(F)cc3)N(Cc3cccs3)C2=O)c1. The number of nitrogens with one attached hydrogen (secondary N) is 1. The molecule has 31 heavy (non-hydrogen) atoms. The average molecular weight is 437 g/mol. The van der Waals surface area contributed by atoms with E-state index in [0.717, 1.165) is 15.3 Å². The second-order valence-corrected chi connectivity index (χ2v) is 8.31. The Morgan fingerprint density at radius 2 is 1.87 bits per heavy atom. The highest BCUT2D eigenvalue weighted by molar-refractivity contribution is 7.09. The van der Waals surface area contributed by atoms with Crippen molar-refractivity contribution in [1.82, 2.24) is 4.90 Å². The van der Waals surface area contributed by atoms with E-state index in [1.165, 1.54) is 40.5 Å². The third kappa shape index (κ3) is 4.49. The number of aryl methyl sites for hydroxylation is 1. The predicted octanol–water partition coefficient (Wildman–Crippen LogP) is 4.56. The van der Waals surface area contributed by atoms with Crippen molar-refractivity contribution < 1.29 is 18.8 Å². The molecule has 1 aliphatic heterocycles. The molecule has 0 saturated carbocycles. The van der Waals surface area contributed by atoms with Crippen molar-refractivity contribution in [3.8, 4) is 0 Å². The molecule has 2 heterocycles. The number of amides is 4. The third-order valence-electron chi connectivity index (χ3n) is 4.99. The highest BCUT2D eigenvalue weighted by Gasteiger charge is 2.46. The molecule has 0 radical (unpaired) electrons. The van der Waals surface area contributed by atoms with Gasteiger partial charge in [0.05, 0.1) is 18.7 Å². The van der Waals surface area contributed by atoms with Crippen molar-refractivity contribution in [1.29, 1.82) is 0 Å². The lowest BCUT2D eigenvalue weighted by molar-refractivity contribution is -0.124. The van der Waals surface area contributed by atoms with Gasteiger partial charge in [-0.3, -0.25) is 9.59 Å². The minimum absolute atomic E-state index is 0.199. The maximum atomic E-state index is 13.2. The number of benzene rings is 2. The van der Waals surface area contributed by atoms with Crippen molar-refractivity contribution in [3.63, 3.8) is 0 Å². The van der Waals surface area contributed by atoms with Crippen LogP contribution in [0.3, 0.4) is 0 Å². The summed E-state index contributed by atoms with van der Waals surface area (Å²) in [5, 5.41) is 4.56. The summed E-state index contributed by atoms with van der Waals surface area (Å²) in [7, 11) is 0. The lowest BCUT2D eigenvalue weighted by Gasteiger charge is -2.21. The standard InChI is InChI=1S/C23H20FN3O3S/c1-15-4-2-5-18(12-15)27-22(29)20(26(23(27)30)14-19-6-3-11-31-19)13-21(28)25-17-9-7-16(24)8-10-17/h2-12,20H,13-14H2,1H3,(H,25,28)/t20-/m1/s1. The van der Waals surface area contributed by atoms with Gasteiger partial charge in [-0.15, -0.1) is 11.3 Å². The van der Waals surface area contributed by atoms with Crippen LogP contribution in [0.15, 0.2) is 66.0 Å². The summed E-state index contributed by atoms with van der Waals surface area (Å²) < 4.78 is 13.1. The fourth-order valence-electron chi connectivity index (χ4n) is 3.51. The molecule has 1 saturated heterocycles. The van der Waals surface area contributed by atoms with Gasteiger partial charge in [-0.05, 0) is 60.3 Å². The normalized spacial score (nSPS) is 16.1. The predicted molar refractivity (Wildman–Crippen MR) is 117 cm³/mol. The van der Waals surface area contributed by atoms with Crippen LogP contribution in [0.2, 0.25) is 0 Å². The minimum atomic E-state index is -0.935. The largest absolute Gasteiger partial charge is 0.332 e. The maximum absolute atomic E-state index is 13.2. The quantitative estimate of drug-likeness (QED) is 0.575. The van der Waals surface area contributed by atoms with Crippen molar-refractivity contribution >= 4 is 40.6 Å². The molecule has 0 unspecified atom stereocenters. The molecular weight excluding hydrogens is 417 g/mol. The first-order chi connectivity index (χ1) is 14.9. The van der Waals surface area contributed by atoms with Crippen LogP contribution in [0.4, 0.5) is 20.6 Å². The summed E-state index contributed by atoms with van der Waals surface area (Å²) in [6.07, 6.45) is -0.199. The molecule has 0 aliphatic carbocycles. The number of imide groups is 1. The zero-order valence-electron chi connectivity index (χ0n) is 16.7. The van der Waals surface area contributed by atoms with Gasteiger partial charge >= 0.3 is 6.03 Å². The van der Waals surface area contributed by atoms with Gasteiger partial charge < -0.3 is 10.2 Å². The van der Waals surface area contributed by atoms with Crippen LogP contribution in [0.1, 0.15) is 16.9 Å². The van der Waals surface area contributed by atoms with Crippen molar-refractivity contribution in [2.24, 2.45) is 0 Å². The molecule has 2 aromatic carbocycles. The van der Waals surface area contributed by atoms with E-state index < -0.39 is 29.7 Å². The molecule has 0 bridgehead atoms. The fourth-order valence-corrected chi connectivity index (χ4v) is 4.21. The number of thiophene rings is 1. The van der Waals surface area contributed by atoms with E-state index in [0.29, 0.717) is 11.4 Å². The van der Waals surface area contributed by atoms with Crippen molar-refractivity contribution in [3.05, 3.63) is 82.3 Å². The van der Waals surface area contributed by atoms with Gasteiger partial charge in [0.2, 0.25) is 5.91 Å². The Bertz CT molecular complexity index is 1120. The van der Waals surface area contributed by atoms with E-state index >= 15 is 0 Å². The number of urea groups is 1. The lowest BCUT2D eigenvalue weighted by atomic mass is 10.1. The van der Waals surface area contributed by atoms with Crippen LogP contribution in [0.5, 0.6) is 0 Å². The van der Waals surface area contributed by atoms with E-state index in [-0.39, 0.29) is 13.0 Å². The number of carbonyl (C=O) groups excluding carboxylic acids is 3. The monoisotopic (exact) mass is 437 g/mol. The Kier molecular flexibility index (Phi) is 5.81. The van der Waals surface area contributed by atoms with E-state index in [1.54, 1.807) is 18.2 Å². The van der Waals surface area contributed by atoms with Gasteiger partial charge in [-0.1, -0.05) is 18.2 Å². The highest BCUT2D eigenvalue weighted by atomic mass is 32.1. The van der Waals surface area contributed by atoms with Crippen LogP contribution in [-0.4, -0.2) is 28.8 Å². The van der Waals surface area contributed by atoms with Crippen LogP contribution >= 0.6 is 11.3 Å². The zero-order valence-corrected chi connectivity index (χ0v) is 17.6. The maximum Gasteiger partial charge on any atom is 0.332 e. The second-order valence-electron chi connectivity index (χ2n) is 7.28. The fraction of sp³-hybridized carbons (Fsp3) is 0.174. The molecule has 4 amide bonds. The summed E-state index contributed by atoms with van der Waals surface area (Å²) in [5.41, 5.74) is 1.82. The molecule has 8 heteroatoms. The van der Waals surface area contributed by atoms with Crippen LogP contribution < -0.4 is 10.2 Å². The molecule has 3 aromatic rings. The molecule has 0 spiro atoms. The van der Waals surface area contributed by atoms with Crippen LogP contribution in [-0.2, 0) is 16.1 Å². The molecule has 158 valence electrons. The molecule has 6 nitrogen and oxygen atoms in total. The van der Waals surface area contributed by atoms with E-state index in [9.17, 15) is 18.8 Å². The van der Waals surface area contributed by atoms with Crippen LogP contribution in [0, 0.1) is 12.7 Å². The first-order valence-corrected chi connectivity index (χ1v) is 10.6. The van der Waals surface area contributed by atoms with Gasteiger partial charge in [-0.2, -0.15) is 0 Å². The van der Waals surface area contributed by atoms with Crippen LogP contribution in [0.25, 0.3) is 0 Å². The zero-order chi connectivity index (χ0) is 22.0. The van der Waals surface area contributed by atoms with Crippen molar-refractivity contribution in [2.75, 3.05) is 10.2 Å². The summed E-state index contributed by atoms with van der Waals surface area (Å²) >= 11 is 1.48. The number of carbonyl (C=O) groups is 3. The van der Waals surface area contributed by atoms with Gasteiger partial charge in [0.1, 0.15) is 11.9 Å². The van der Waals surface area contributed by atoms with Gasteiger partial charge in [0.15, 0.2) is 0 Å². The van der Waals surface area contributed by atoms with E-state index in [1.807, 2.05) is 30.5 Å². The third-order valence-corrected chi connectivity index (χ3v) is 5.85. The molecule has 1 aromatic heterocycles. The Morgan fingerprint density at radius 3 is 2.55 bits per heavy atom. The van der Waals surface area contributed by atoms with E-state index in [2.05, 4.69) is 5.32 Å². The summed E-state index contributed by atoms with van der Waals surface area (Å²) in [4.78, 5) is 42.6. The topological polar surface area (TPSA) is 69.7 Å². The summed E-state index contributed by atoms with van der Waals surface area (Å²) in [6.45, 7) is 2.12. The van der Waals surface area contributed by atoms with Crippen molar-refractivity contribution in [2.45, 2.75) is 25.9 Å². The minimum Gasteiger partial charge on any atom is -0.326 e. The smallest absolute Gasteiger partial charge is 0.326 e. The molecular formula is C23H20FN3O3S. The number of rotatable bonds is 6. The van der Waals surface area contributed by atoms with Gasteiger partial charge in [-0.25, -0.2) is 14.1 Å². The van der Waals surface area contributed by atoms with E-state index in [4.69, 9.17) is 0 Å². The number of hydrogen-bond donors (Lipinski definition) is 1. The molecule has 1 aliphatic rings. The summed E-state index contributed by atoms with van der Waals surface area (Å²) in [6, 6.07) is 14.9. The number of halogens is 1. The molecule has 1 atom stereocenters. The van der Waals surface area contributed by atoms with Gasteiger partial charge in [0, 0.05) is 10.6 Å². The number of hydrogen-bond acceptors (Lipinski definition) is 4. The Balaban J connectivity index is 1.59. The van der Waals surface area contributed by atoms with Gasteiger partial charge in [0.25, 0.3) is 5.91 Å². The average Bonchev–Trinajstić information content (AvgIpc) is 3.32. The number of nitrogens with zero attached hydrogens (tertiary/aromatic N) is 2. The summed E-state index contributed by atoms with van der Waals surface area (Å²) in [5.74, 6) is -1.29. The lowest BCUT2D eigenvalue weighted by Crippen LogP contribution is -2.37. The first-order valence-electron chi connectivity index (χ1n) is 9.71. The molecule has 1 N–H and O–H groups in total. The Labute approximate surface area is 182 Å².